The first-order valence-corrected chi connectivity index (χ1v) is 8.97. The summed E-state index contributed by atoms with van der Waals surface area (Å²) in [7, 11) is 0. The van der Waals surface area contributed by atoms with E-state index in [-0.39, 0.29) is 11.9 Å². The molecule has 4 heteroatoms. The molecule has 1 aromatic heterocycles. The van der Waals surface area contributed by atoms with E-state index in [1.165, 1.54) is 0 Å². The highest BCUT2D eigenvalue weighted by molar-refractivity contribution is 5.94. The highest BCUT2D eigenvalue weighted by atomic mass is 16.3. The molecule has 0 bridgehead atoms. The van der Waals surface area contributed by atoms with Crippen LogP contribution in [0.3, 0.4) is 0 Å². The Balaban J connectivity index is 1.76. The van der Waals surface area contributed by atoms with Crippen LogP contribution in [0.5, 0.6) is 0 Å². The van der Waals surface area contributed by atoms with Crippen molar-refractivity contribution in [2.45, 2.75) is 51.2 Å². The van der Waals surface area contributed by atoms with E-state index in [9.17, 15) is 9.90 Å². The Bertz CT molecular complexity index is 722. The Morgan fingerprint density at radius 2 is 2.12 bits per heavy atom. The van der Waals surface area contributed by atoms with Crippen LogP contribution in [0.2, 0.25) is 0 Å². The van der Waals surface area contributed by atoms with Crippen LogP contribution in [-0.2, 0) is 6.42 Å². The number of benzene rings is 1. The van der Waals surface area contributed by atoms with Crippen molar-refractivity contribution in [3.05, 3.63) is 65.5 Å². The van der Waals surface area contributed by atoms with Gasteiger partial charge in [0.25, 0.3) is 5.91 Å². The largest absolute Gasteiger partial charge is 0.390 e. The summed E-state index contributed by atoms with van der Waals surface area (Å²) in [5.41, 5.74) is 2.07. The molecule has 0 aliphatic carbocycles. The summed E-state index contributed by atoms with van der Waals surface area (Å²) in [4.78, 5) is 19.4. The van der Waals surface area contributed by atoms with E-state index in [4.69, 9.17) is 0 Å². The number of rotatable bonds is 5. The predicted octanol–water partition coefficient (Wildman–Crippen LogP) is 3.76. The Morgan fingerprint density at radius 3 is 2.84 bits per heavy atom. The van der Waals surface area contributed by atoms with Gasteiger partial charge in [0.1, 0.15) is 0 Å². The minimum absolute atomic E-state index is 0.0636. The number of aliphatic hydroxyl groups is 1. The molecule has 2 aromatic rings. The summed E-state index contributed by atoms with van der Waals surface area (Å²) in [5.74, 6) is 0.0678. The molecule has 0 saturated carbocycles. The van der Waals surface area contributed by atoms with Crippen LogP contribution in [-0.4, -0.2) is 33.0 Å². The van der Waals surface area contributed by atoms with Crippen molar-refractivity contribution in [3.8, 4) is 0 Å². The van der Waals surface area contributed by atoms with Crippen molar-refractivity contribution in [2.75, 3.05) is 6.54 Å². The number of likely N-dealkylation sites (tertiary alicyclic amines) is 1. The van der Waals surface area contributed by atoms with E-state index in [2.05, 4.69) is 4.98 Å². The predicted molar refractivity (Wildman–Crippen MR) is 98.3 cm³/mol. The zero-order chi connectivity index (χ0) is 17.9. The summed E-state index contributed by atoms with van der Waals surface area (Å²) in [5, 5.41) is 9.91. The van der Waals surface area contributed by atoms with Crippen molar-refractivity contribution >= 4 is 5.91 Å². The quantitative estimate of drug-likeness (QED) is 0.903. The third-order valence-electron chi connectivity index (χ3n) is 4.74. The van der Waals surface area contributed by atoms with Gasteiger partial charge in [0.05, 0.1) is 17.3 Å². The van der Waals surface area contributed by atoms with E-state index in [0.29, 0.717) is 6.42 Å². The monoisotopic (exact) mass is 338 g/mol. The standard InChI is InChI=1S/C21H26N2O2/c1-21(2,25)12-11-16-7-5-8-17(15-16)20(24)23-14-6-10-19(23)18-9-3-4-13-22-18/h3-5,7-9,13,15,19,25H,6,10-12,14H2,1-2H3. The second-order valence-corrected chi connectivity index (χ2v) is 7.42. The van der Waals surface area contributed by atoms with Gasteiger partial charge in [0, 0.05) is 18.3 Å². The number of aryl methyl sites for hydroxylation is 1. The zero-order valence-corrected chi connectivity index (χ0v) is 15.0. The first-order valence-electron chi connectivity index (χ1n) is 8.97. The first kappa shape index (κ1) is 17.6. The molecule has 1 saturated heterocycles. The maximum Gasteiger partial charge on any atom is 0.254 e. The molecule has 1 aliphatic heterocycles. The van der Waals surface area contributed by atoms with Crippen molar-refractivity contribution in [3.63, 3.8) is 0 Å². The highest BCUT2D eigenvalue weighted by Crippen LogP contribution is 2.32. The van der Waals surface area contributed by atoms with Crippen LogP contribution in [0.1, 0.15) is 60.8 Å². The Kier molecular flexibility index (Phi) is 5.19. The summed E-state index contributed by atoms with van der Waals surface area (Å²) < 4.78 is 0. The molecule has 1 N–H and O–H groups in total. The van der Waals surface area contributed by atoms with Crippen LogP contribution in [0.25, 0.3) is 0 Å². The Labute approximate surface area is 149 Å². The lowest BCUT2D eigenvalue weighted by atomic mass is 9.97. The number of hydrogen-bond acceptors (Lipinski definition) is 3. The van der Waals surface area contributed by atoms with Crippen LogP contribution in [0.4, 0.5) is 0 Å². The molecule has 1 amide bonds. The Morgan fingerprint density at radius 1 is 1.28 bits per heavy atom. The molecule has 3 rings (SSSR count). The summed E-state index contributed by atoms with van der Waals surface area (Å²) >= 11 is 0. The average Bonchev–Trinajstić information content (AvgIpc) is 3.09. The highest BCUT2D eigenvalue weighted by Gasteiger charge is 2.31. The van der Waals surface area contributed by atoms with Crippen LogP contribution < -0.4 is 0 Å². The Hall–Kier alpha value is -2.20. The second-order valence-electron chi connectivity index (χ2n) is 7.42. The SMILES string of the molecule is CC(C)(O)CCc1cccc(C(=O)N2CCCC2c2ccccn2)c1. The van der Waals surface area contributed by atoms with Crippen LogP contribution in [0.15, 0.2) is 48.7 Å². The molecule has 132 valence electrons. The third-order valence-corrected chi connectivity index (χ3v) is 4.74. The first-order chi connectivity index (χ1) is 11.9. The van der Waals surface area contributed by atoms with Gasteiger partial charge >= 0.3 is 0 Å². The molecule has 1 aliphatic rings. The average molecular weight is 338 g/mol. The third kappa shape index (κ3) is 4.45. The molecule has 1 atom stereocenters. The number of nitrogens with zero attached hydrogens (tertiary/aromatic N) is 2. The van der Waals surface area contributed by atoms with Crippen molar-refractivity contribution in [2.24, 2.45) is 0 Å². The molecule has 4 nitrogen and oxygen atoms in total. The smallest absolute Gasteiger partial charge is 0.254 e. The fraction of sp³-hybridized carbons (Fsp3) is 0.429. The van der Waals surface area contributed by atoms with Crippen LogP contribution >= 0.6 is 0 Å². The van der Waals surface area contributed by atoms with E-state index in [0.717, 1.165) is 42.6 Å². The molecule has 1 aromatic carbocycles. The number of carbonyl (C=O) groups excluding carboxylic acids is 1. The van der Waals surface area contributed by atoms with Gasteiger partial charge in [-0.2, -0.15) is 0 Å². The van der Waals surface area contributed by atoms with Gasteiger partial charge in [-0.3, -0.25) is 9.78 Å². The molecular formula is C21H26N2O2. The van der Waals surface area contributed by atoms with Crippen molar-refractivity contribution in [1.82, 2.24) is 9.88 Å². The molecule has 25 heavy (non-hydrogen) atoms. The van der Waals surface area contributed by atoms with Crippen LogP contribution in [0, 0.1) is 0 Å². The van der Waals surface area contributed by atoms with E-state index in [1.54, 1.807) is 6.20 Å². The maximum atomic E-state index is 13.0. The van der Waals surface area contributed by atoms with Gasteiger partial charge in [-0.15, -0.1) is 0 Å². The van der Waals surface area contributed by atoms with Gasteiger partial charge < -0.3 is 10.0 Å². The lowest BCUT2D eigenvalue weighted by molar-refractivity contribution is 0.0714. The van der Waals surface area contributed by atoms with E-state index >= 15 is 0 Å². The number of carbonyl (C=O) groups is 1. The summed E-state index contributed by atoms with van der Waals surface area (Å²) in [6.07, 6.45) is 5.18. The molecule has 2 heterocycles. The van der Waals surface area contributed by atoms with Gasteiger partial charge in [-0.05, 0) is 69.4 Å². The van der Waals surface area contributed by atoms with Gasteiger partial charge in [0.2, 0.25) is 0 Å². The zero-order valence-electron chi connectivity index (χ0n) is 15.0. The summed E-state index contributed by atoms with van der Waals surface area (Å²) in [6, 6.07) is 13.7. The minimum atomic E-state index is -0.695. The van der Waals surface area contributed by atoms with Gasteiger partial charge in [-0.1, -0.05) is 18.2 Å². The molecular weight excluding hydrogens is 312 g/mol. The molecule has 0 radical (unpaired) electrons. The van der Waals surface area contributed by atoms with Gasteiger partial charge in [-0.25, -0.2) is 0 Å². The normalized spacial score (nSPS) is 17.7. The second kappa shape index (κ2) is 7.36. The molecule has 0 spiro atoms. The fourth-order valence-corrected chi connectivity index (χ4v) is 3.37. The fourth-order valence-electron chi connectivity index (χ4n) is 3.37. The van der Waals surface area contributed by atoms with E-state index < -0.39 is 5.60 Å². The minimum Gasteiger partial charge on any atom is -0.390 e. The lowest BCUT2D eigenvalue weighted by Gasteiger charge is -2.24. The van der Waals surface area contributed by atoms with E-state index in [1.807, 2.05) is 61.2 Å². The summed E-state index contributed by atoms with van der Waals surface area (Å²) in [6.45, 7) is 4.39. The number of amides is 1. The topological polar surface area (TPSA) is 53.4 Å². The number of pyridine rings is 1. The molecule has 1 fully saturated rings. The molecule has 1 unspecified atom stereocenters. The van der Waals surface area contributed by atoms with Gasteiger partial charge in [0.15, 0.2) is 0 Å². The number of hydrogen-bond donors (Lipinski definition) is 1. The lowest BCUT2D eigenvalue weighted by Crippen LogP contribution is -2.31. The number of aromatic nitrogens is 1. The van der Waals surface area contributed by atoms with Crippen molar-refractivity contribution in [1.29, 1.82) is 0 Å². The van der Waals surface area contributed by atoms with Crippen molar-refractivity contribution < 1.29 is 9.90 Å². The maximum absolute atomic E-state index is 13.0.